The van der Waals surface area contributed by atoms with Crippen molar-refractivity contribution in [2.75, 3.05) is 23.9 Å². The average molecular weight is 289 g/mol. The van der Waals surface area contributed by atoms with Gasteiger partial charge in [-0.25, -0.2) is 9.78 Å². The Morgan fingerprint density at radius 1 is 1.48 bits per heavy atom. The third-order valence-corrected chi connectivity index (χ3v) is 3.11. The smallest absolute Gasteiger partial charge is 0.323 e. The molecule has 110 valence electrons. The van der Waals surface area contributed by atoms with Gasteiger partial charge in [-0.1, -0.05) is 0 Å². The highest BCUT2D eigenvalue weighted by molar-refractivity contribution is 5.93. The molecule has 0 saturated heterocycles. The minimum Gasteiger partial charge on any atom is -0.394 e. The summed E-state index contributed by atoms with van der Waals surface area (Å²) in [6, 6.07) is -0.192. The van der Waals surface area contributed by atoms with Gasteiger partial charge in [-0.15, -0.1) is 0 Å². The van der Waals surface area contributed by atoms with Crippen molar-refractivity contribution in [3.05, 3.63) is 24.2 Å². The van der Waals surface area contributed by atoms with Crippen LogP contribution in [0, 0.1) is 0 Å². The summed E-state index contributed by atoms with van der Waals surface area (Å²) >= 11 is 0. The van der Waals surface area contributed by atoms with Crippen LogP contribution in [0.1, 0.15) is 5.56 Å². The number of carbonyl (C=O) groups excluding carboxylic acids is 1. The van der Waals surface area contributed by atoms with Crippen LogP contribution in [0.4, 0.5) is 22.2 Å². The molecule has 1 aliphatic heterocycles. The Hall–Kier alpha value is -2.68. The van der Waals surface area contributed by atoms with Crippen LogP contribution in [0.2, 0.25) is 0 Å². The number of hydrogen-bond donors (Lipinski definition) is 3. The number of amides is 2. The van der Waals surface area contributed by atoms with Crippen molar-refractivity contribution in [1.29, 1.82) is 0 Å². The zero-order valence-electron chi connectivity index (χ0n) is 11.4. The molecule has 3 N–H and O–H groups in total. The summed E-state index contributed by atoms with van der Waals surface area (Å²) in [6.07, 6.45) is 5.04. The molecule has 9 heteroatoms. The van der Waals surface area contributed by atoms with Crippen LogP contribution in [-0.2, 0) is 13.1 Å². The van der Waals surface area contributed by atoms with Gasteiger partial charge in [0.15, 0.2) is 0 Å². The van der Waals surface area contributed by atoms with E-state index in [4.69, 9.17) is 5.11 Å². The van der Waals surface area contributed by atoms with Gasteiger partial charge in [-0.2, -0.15) is 10.1 Å². The number of carbonyl (C=O) groups is 1. The summed E-state index contributed by atoms with van der Waals surface area (Å²) in [5.74, 6) is 0.970. The standard InChI is InChI=1S/C12H15N7O2/c1-18-10-8(5-14-12(18)21)4-13-11(17-10)16-9-6-15-19(7-9)2-3-20/h4,6-7,20H,2-3,5H2,1H3,(H,14,21)(H,13,16,17). The van der Waals surface area contributed by atoms with Crippen LogP contribution in [0.5, 0.6) is 0 Å². The van der Waals surface area contributed by atoms with Crippen molar-refractivity contribution in [1.82, 2.24) is 25.1 Å². The maximum Gasteiger partial charge on any atom is 0.323 e. The summed E-state index contributed by atoms with van der Waals surface area (Å²) in [4.78, 5) is 21.6. The molecule has 3 heterocycles. The Morgan fingerprint density at radius 2 is 2.33 bits per heavy atom. The monoisotopic (exact) mass is 289 g/mol. The number of urea groups is 1. The molecule has 0 radical (unpaired) electrons. The molecule has 9 nitrogen and oxygen atoms in total. The molecule has 0 saturated carbocycles. The molecule has 2 aromatic heterocycles. The second kappa shape index (κ2) is 5.37. The Morgan fingerprint density at radius 3 is 3.14 bits per heavy atom. The highest BCUT2D eigenvalue weighted by Gasteiger charge is 2.22. The third-order valence-electron chi connectivity index (χ3n) is 3.11. The van der Waals surface area contributed by atoms with Gasteiger partial charge >= 0.3 is 6.03 Å². The molecule has 0 spiro atoms. The topological polar surface area (TPSA) is 108 Å². The average Bonchev–Trinajstić information content (AvgIpc) is 2.91. The van der Waals surface area contributed by atoms with E-state index in [9.17, 15) is 4.79 Å². The third kappa shape index (κ3) is 2.63. The molecule has 1 aliphatic rings. The van der Waals surface area contributed by atoms with Gasteiger partial charge in [-0.3, -0.25) is 9.58 Å². The summed E-state index contributed by atoms with van der Waals surface area (Å²) in [5.41, 5.74) is 1.57. The first-order valence-electron chi connectivity index (χ1n) is 6.45. The van der Waals surface area contributed by atoms with E-state index >= 15 is 0 Å². The Labute approximate surface area is 120 Å². The van der Waals surface area contributed by atoms with Gasteiger partial charge < -0.3 is 15.7 Å². The molecular weight excluding hydrogens is 274 g/mol. The van der Waals surface area contributed by atoms with Gasteiger partial charge in [0.2, 0.25) is 5.95 Å². The van der Waals surface area contributed by atoms with Crippen molar-refractivity contribution < 1.29 is 9.90 Å². The van der Waals surface area contributed by atoms with E-state index < -0.39 is 0 Å². The Balaban J connectivity index is 1.81. The van der Waals surface area contributed by atoms with E-state index in [-0.39, 0.29) is 12.6 Å². The lowest BCUT2D eigenvalue weighted by molar-refractivity contribution is 0.245. The zero-order chi connectivity index (χ0) is 14.8. The molecule has 0 aromatic carbocycles. The van der Waals surface area contributed by atoms with Crippen molar-refractivity contribution >= 4 is 23.5 Å². The highest BCUT2D eigenvalue weighted by atomic mass is 16.3. The molecule has 3 rings (SSSR count). The first-order valence-corrected chi connectivity index (χ1v) is 6.45. The molecule has 2 aromatic rings. The van der Waals surface area contributed by atoms with Crippen LogP contribution < -0.4 is 15.5 Å². The quantitative estimate of drug-likeness (QED) is 0.735. The second-order valence-electron chi connectivity index (χ2n) is 4.60. The first kappa shape index (κ1) is 13.3. The molecule has 2 amide bonds. The van der Waals surface area contributed by atoms with Gasteiger partial charge in [0.25, 0.3) is 0 Å². The molecule has 0 unspecified atom stereocenters. The largest absolute Gasteiger partial charge is 0.394 e. The number of aliphatic hydroxyl groups excluding tert-OH is 1. The predicted molar refractivity (Wildman–Crippen MR) is 75.3 cm³/mol. The molecule has 0 atom stereocenters. The van der Waals surface area contributed by atoms with Crippen molar-refractivity contribution in [3.63, 3.8) is 0 Å². The number of nitrogens with one attached hydrogen (secondary N) is 2. The van der Waals surface area contributed by atoms with Crippen LogP contribution in [0.15, 0.2) is 18.6 Å². The van der Waals surface area contributed by atoms with Gasteiger partial charge in [0, 0.05) is 31.5 Å². The summed E-state index contributed by atoms with van der Waals surface area (Å²) in [5, 5.41) is 18.7. The van der Waals surface area contributed by atoms with Crippen molar-refractivity contribution in [2.24, 2.45) is 0 Å². The van der Waals surface area contributed by atoms with Crippen LogP contribution in [-0.4, -0.2) is 44.5 Å². The predicted octanol–water partition coefficient (Wildman–Crippen LogP) is 0.0684. The van der Waals surface area contributed by atoms with E-state index in [0.29, 0.717) is 30.5 Å². The number of aromatic nitrogens is 4. The van der Waals surface area contributed by atoms with Crippen molar-refractivity contribution in [2.45, 2.75) is 13.1 Å². The molecule has 0 fully saturated rings. The maximum absolute atomic E-state index is 11.6. The van der Waals surface area contributed by atoms with E-state index in [1.807, 2.05) is 0 Å². The zero-order valence-corrected chi connectivity index (χ0v) is 11.4. The van der Waals surface area contributed by atoms with E-state index in [2.05, 4.69) is 25.7 Å². The van der Waals surface area contributed by atoms with E-state index in [0.717, 1.165) is 5.56 Å². The summed E-state index contributed by atoms with van der Waals surface area (Å²) in [6.45, 7) is 0.874. The fourth-order valence-corrected chi connectivity index (χ4v) is 2.04. The number of fused-ring (bicyclic) bond motifs is 1. The number of anilines is 3. The molecule has 0 bridgehead atoms. The van der Waals surface area contributed by atoms with E-state index in [1.54, 1.807) is 30.3 Å². The maximum atomic E-state index is 11.6. The number of nitrogens with zero attached hydrogens (tertiary/aromatic N) is 5. The highest BCUT2D eigenvalue weighted by Crippen LogP contribution is 2.22. The Kier molecular flexibility index (Phi) is 3.40. The second-order valence-corrected chi connectivity index (χ2v) is 4.60. The lowest BCUT2D eigenvalue weighted by Crippen LogP contribution is -2.42. The Bertz CT molecular complexity index is 669. The van der Waals surface area contributed by atoms with Crippen molar-refractivity contribution in [3.8, 4) is 0 Å². The molecular formula is C12H15N7O2. The lowest BCUT2D eigenvalue weighted by atomic mass is 10.2. The normalized spacial score (nSPS) is 13.8. The lowest BCUT2D eigenvalue weighted by Gasteiger charge is -2.25. The minimum absolute atomic E-state index is 0.0242. The fraction of sp³-hybridized carbons (Fsp3) is 0.333. The van der Waals surface area contributed by atoms with Crippen LogP contribution in [0.25, 0.3) is 0 Å². The molecule has 21 heavy (non-hydrogen) atoms. The summed E-state index contributed by atoms with van der Waals surface area (Å²) in [7, 11) is 1.66. The number of rotatable bonds is 4. The number of hydrogen-bond acceptors (Lipinski definition) is 6. The van der Waals surface area contributed by atoms with Gasteiger partial charge in [0.05, 0.1) is 25.0 Å². The minimum atomic E-state index is -0.192. The van der Waals surface area contributed by atoms with Crippen LogP contribution >= 0.6 is 0 Å². The first-order chi connectivity index (χ1) is 10.2. The van der Waals surface area contributed by atoms with Gasteiger partial charge in [-0.05, 0) is 0 Å². The van der Waals surface area contributed by atoms with Gasteiger partial charge in [0.1, 0.15) is 5.82 Å². The molecule has 0 aliphatic carbocycles. The van der Waals surface area contributed by atoms with E-state index in [1.165, 1.54) is 4.90 Å². The SMILES string of the molecule is CN1C(=O)NCc2cnc(Nc3cnn(CCO)c3)nc21. The summed E-state index contributed by atoms with van der Waals surface area (Å²) < 4.78 is 1.61. The van der Waals surface area contributed by atoms with Crippen LogP contribution in [0.3, 0.4) is 0 Å². The number of aliphatic hydroxyl groups is 1. The fourth-order valence-electron chi connectivity index (χ4n) is 2.04.